The summed E-state index contributed by atoms with van der Waals surface area (Å²) in [5.41, 5.74) is 2.47. The molecule has 0 aliphatic carbocycles. The maximum absolute atomic E-state index is 14.8. The van der Waals surface area contributed by atoms with Gasteiger partial charge in [-0.3, -0.25) is 9.55 Å². The monoisotopic (exact) mass is 564 g/mol. The van der Waals surface area contributed by atoms with Crippen LogP contribution in [-0.4, -0.2) is 61.7 Å². The van der Waals surface area contributed by atoms with Crippen molar-refractivity contribution < 1.29 is 13.6 Å². The van der Waals surface area contributed by atoms with Gasteiger partial charge in [-0.25, -0.2) is 28.3 Å². The number of hydrogen-bond donors (Lipinski definition) is 3. The van der Waals surface area contributed by atoms with Gasteiger partial charge in [-0.1, -0.05) is 12.1 Å². The number of amides is 2. The molecule has 3 aromatic heterocycles. The first-order chi connectivity index (χ1) is 19.9. The lowest BCUT2D eigenvalue weighted by atomic mass is 9.92. The van der Waals surface area contributed by atoms with Gasteiger partial charge in [0.1, 0.15) is 5.82 Å². The van der Waals surface area contributed by atoms with Crippen LogP contribution in [0.5, 0.6) is 0 Å². The van der Waals surface area contributed by atoms with E-state index in [4.69, 9.17) is 0 Å². The zero-order valence-corrected chi connectivity index (χ0v) is 22.9. The molecule has 1 aromatic carbocycles. The van der Waals surface area contributed by atoms with Crippen LogP contribution in [0.1, 0.15) is 60.8 Å². The predicted molar refractivity (Wildman–Crippen MR) is 150 cm³/mol. The quantitative estimate of drug-likeness (QED) is 0.331. The van der Waals surface area contributed by atoms with E-state index < -0.39 is 11.6 Å². The molecule has 3 N–H and O–H groups in total. The number of aromatic nitrogens is 5. The van der Waals surface area contributed by atoms with Gasteiger partial charge >= 0.3 is 11.7 Å². The number of likely N-dealkylation sites (tertiary alicyclic amines) is 1. The van der Waals surface area contributed by atoms with Crippen molar-refractivity contribution in [3.63, 3.8) is 0 Å². The van der Waals surface area contributed by atoms with Crippen molar-refractivity contribution in [2.45, 2.75) is 56.7 Å². The van der Waals surface area contributed by atoms with Crippen LogP contribution < -0.4 is 16.3 Å². The summed E-state index contributed by atoms with van der Waals surface area (Å²) in [6.45, 7) is 2.20. The maximum atomic E-state index is 14.8. The number of aromatic amines is 1. The van der Waals surface area contributed by atoms with E-state index in [0.717, 1.165) is 36.1 Å². The number of fused-ring (bicyclic) bond motifs is 2. The summed E-state index contributed by atoms with van der Waals surface area (Å²) in [6, 6.07) is 7.41. The second-order valence-electron chi connectivity index (χ2n) is 10.9. The second kappa shape index (κ2) is 11.4. The Morgan fingerprint density at radius 2 is 1.93 bits per heavy atom. The molecule has 0 radical (unpaired) electrons. The van der Waals surface area contributed by atoms with E-state index >= 15 is 0 Å². The van der Waals surface area contributed by atoms with Crippen LogP contribution >= 0.6 is 0 Å². The highest BCUT2D eigenvalue weighted by Gasteiger charge is 2.32. The minimum absolute atomic E-state index is 0.0297. The van der Waals surface area contributed by atoms with E-state index in [9.17, 15) is 18.4 Å². The van der Waals surface area contributed by atoms with Gasteiger partial charge in [0.05, 0.1) is 11.6 Å². The number of pyridine rings is 1. The van der Waals surface area contributed by atoms with Gasteiger partial charge in [-0.05, 0) is 56.5 Å². The number of halogens is 2. The fourth-order valence-corrected chi connectivity index (χ4v) is 6.29. The van der Waals surface area contributed by atoms with E-state index in [1.165, 1.54) is 0 Å². The lowest BCUT2D eigenvalue weighted by Crippen LogP contribution is -2.46. The molecule has 5 heterocycles. The molecular formula is C29H34F2N8O2. The average Bonchev–Trinajstić information content (AvgIpc) is 3.48. The van der Waals surface area contributed by atoms with Crippen LogP contribution in [0.2, 0.25) is 0 Å². The zero-order valence-electron chi connectivity index (χ0n) is 22.9. The number of nitrogens with zero attached hydrogens (tertiary/aromatic N) is 5. The molecule has 1 fully saturated rings. The van der Waals surface area contributed by atoms with Gasteiger partial charge in [0.25, 0.3) is 0 Å². The number of likely N-dealkylation sites (N-methyl/N-ethyl adjacent to an activating group) is 1. The van der Waals surface area contributed by atoms with Gasteiger partial charge in [-0.15, -0.1) is 0 Å². The summed E-state index contributed by atoms with van der Waals surface area (Å²) >= 11 is 0. The number of urea groups is 1. The molecule has 2 atom stereocenters. The molecule has 0 bridgehead atoms. The number of carbonyl (C=O) groups excluding carboxylic acids is 1. The maximum Gasteiger partial charge on any atom is 0.327 e. The van der Waals surface area contributed by atoms with E-state index in [1.54, 1.807) is 27.8 Å². The summed E-state index contributed by atoms with van der Waals surface area (Å²) in [7, 11) is 1.88. The van der Waals surface area contributed by atoms with Crippen molar-refractivity contribution in [2.24, 2.45) is 0 Å². The Balaban J connectivity index is 1.18. The first kappa shape index (κ1) is 27.1. The molecule has 1 saturated heterocycles. The minimum atomic E-state index is -0.854. The van der Waals surface area contributed by atoms with Crippen molar-refractivity contribution >= 4 is 17.2 Å². The Morgan fingerprint density at radius 1 is 1.10 bits per heavy atom. The zero-order chi connectivity index (χ0) is 28.5. The molecule has 0 saturated carbocycles. The number of piperidine rings is 1. The smallest absolute Gasteiger partial charge is 0.327 e. The summed E-state index contributed by atoms with van der Waals surface area (Å²) in [5.74, 6) is -1.19. The highest BCUT2D eigenvalue weighted by atomic mass is 19.2. The Morgan fingerprint density at radius 3 is 2.73 bits per heavy atom. The average molecular weight is 565 g/mol. The third kappa shape index (κ3) is 5.23. The van der Waals surface area contributed by atoms with Gasteiger partial charge in [-0.2, -0.15) is 0 Å². The molecule has 2 amide bonds. The van der Waals surface area contributed by atoms with Crippen molar-refractivity contribution in [3.8, 4) is 0 Å². The molecule has 41 heavy (non-hydrogen) atoms. The number of imidazole rings is 2. The molecule has 2 aliphatic rings. The highest BCUT2D eigenvalue weighted by Crippen LogP contribution is 2.35. The normalized spacial score (nSPS) is 19.7. The van der Waals surface area contributed by atoms with Gasteiger partial charge in [0, 0.05) is 62.6 Å². The molecule has 0 unspecified atom stereocenters. The summed E-state index contributed by atoms with van der Waals surface area (Å²) in [4.78, 5) is 39.6. The van der Waals surface area contributed by atoms with Crippen LogP contribution in [0.15, 0.2) is 47.5 Å². The van der Waals surface area contributed by atoms with Crippen LogP contribution in [0.3, 0.4) is 0 Å². The van der Waals surface area contributed by atoms with Crippen LogP contribution in [0.25, 0.3) is 11.2 Å². The highest BCUT2D eigenvalue weighted by molar-refractivity contribution is 5.75. The summed E-state index contributed by atoms with van der Waals surface area (Å²) in [6.07, 6.45) is 6.58. The van der Waals surface area contributed by atoms with Crippen molar-refractivity contribution in [1.29, 1.82) is 0 Å². The summed E-state index contributed by atoms with van der Waals surface area (Å²) in [5, 5.41) is 6.33. The topological polar surface area (TPSA) is 113 Å². The van der Waals surface area contributed by atoms with Gasteiger partial charge in [0.2, 0.25) is 0 Å². The molecule has 10 nitrogen and oxygen atoms in total. The Bertz CT molecular complexity index is 1600. The van der Waals surface area contributed by atoms with Crippen molar-refractivity contribution in [3.05, 3.63) is 81.9 Å². The van der Waals surface area contributed by atoms with Crippen molar-refractivity contribution in [2.75, 3.05) is 26.7 Å². The standard InChI is InChI=1S/C29H34F2N8O2/c1-32-13-9-20-16-34-27-23(8-7-18(17-38(20)27)21-4-2-5-22(30)25(21)31)35-28(40)37-14-10-19(11-15-37)39-24-6-3-12-33-26(24)36-29(39)41/h2-6,12,16,18-19,23,32H,7-11,13-15,17H2,1H3,(H,35,40)(H,33,36,41)/t18-,23-/m1/s1. The molecule has 216 valence electrons. The second-order valence-corrected chi connectivity index (χ2v) is 10.9. The fourth-order valence-electron chi connectivity index (χ4n) is 6.29. The van der Waals surface area contributed by atoms with Crippen LogP contribution in [0, 0.1) is 11.6 Å². The first-order valence-corrected chi connectivity index (χ1v) is 14.2. The number of carbonyl (C=O) groups is 1. The lowest BCUT2D eigenvalue weighted by Gasteiger charge is -2.33. The number of rotatable bonds is 6. The molecular weight excluding hydrogens is 530 g/mol. The third-order valence-electron chi connectivity index (χ3n) is 8.44. The number of H-pyrrole nitrogens is 1. The van der Waals surface area contributed by atoms with Crippen LogP contribution in [0.4, 0.5) is 13.6 Å². The molecule has 12 heteroatoms. The van der Waals surface area contributed by atoms with E-state index in [1.807, 2.05) is 25.4 Å². The molecule has 2 aliphatic heterocycles. The van der Waals surface area contributed by atoms with Gasteiger partial charge in [0.15, 0.2) is 17.3 Å². The third-order valence-corrected chi connectivity index (χ3v) is 8.44. The lowest BCUT2D eigenvalue weighted by molar-refractivity contribution is 0.167. The summed E-state index contributed by atoms with van der Waals surface area (Å²) < 4.78 is 32.7. The van der Waals surface area contributed by atoms with Crippen molar-refractivity contribution in [1.82, 2.24) is 39.6 Å². The predicted octanol–water partition coefficient (Wildman–Crippen LogP) is 3.63. The SMILES string of the molecule is CNCCc1cnc2n1C[C@H](c1cccc(F)c1F)CC[C@H]2NC(=O)N1CCC(n2c(=O)[nH]c3ncccc32)CC1. The fraction of sp³-hybridized carbons (Fsp3) is 0.448. The Hall–Kier alpha value is -4.06. The molecule has 4 aromatic rings. The Labute approximate surface area is 235 Å². The van der Waals surface area contributed by atoms with Gasteiger partial charge < -0.3 is 20.1 Å². The number of nitrogens with one attached hydrogen (secondary N) is 3. The molecule has 6 rings (SSSR count). The van der Waals surface area contributed by atoms with E-state index in [2.05, 4.69) is 30.2 Å². The Kier molecular flexibility index (Phi) is 7.57. The molecule has 0 spiro atoms. The number of hydrogen-bond acceptors (Lipinski definition) is 5. The largest absolute Gasteiger partial charge is 0.330 e. The van der Waals surface area contributed by atoms with E-state index in [0.29, 0.717) is 56.5 Å². The van der Waals surface area contributed by atoms with E-state index in [-0.39, 0.29) is 29.7 Å². The number of benzene rings is 1. The first-order valence-electron chi connectivity index (χ1n) is 14.2. The van der Waals surface area contributed by atoms with Crippen LogP contribution in [-0.2, 0) is 13.0 Å². The minimum Gasteiger partial charge on any atom is -0.330 e.